The Morgan fingerprint density at radius 1 is 0.923 bits per heavy atom. The molecule has 3 aromatic carbocycles. The van der Waals surface area contributed by atoms with Gasteiger partial charge in [-0.25, -0.2) is 9.59 Å². The molecule has 3 rings (SSSR count). The molecule has 1 N–H and O–H groups in total. The molecule has 0 saturated carbocycles. The van der Waals surface area contributed by atoms with Crippen molar-refractivity contribution in [3.63, 3.8) is 0 Å². The first-order chi connectivity index (χ1) is 18.5. The molecule has 0 radical (unpaired) electrons. The van der Waals surface area contributed by atoms with E-state index in [1.807, 2.05) is 101 Å². The van der Waals surface area contributed by atoms with Crippen molar-refractivity contribution in [1.29, 1.82) is 0 Å². The molecule has 0 aliphatic heterocycles. The fourth-order valence-electron chi connectivity index (χ4n) is 4.03. The van der Waals surface area contributed by atoms with Crippen LogP contribution in [-0.4, -0.2) is 54.0 Å². The minimum atomic E-state index is -0.823. The van der Waals surface area contributed by atoms with Crippen LogP contribution in [-0.2, 0) is 15.9 Å². The van der Waals surface area contributed by atoms with Crippen LogP contribution in [0.15, 0.2) is 72.8 Å². The summed E-state index contributed by atoms with van der Waals surface area (Å²) in [7, 11) is 1.35. The van der Waals surface area contributed by atoms with Crippen molar-refractivity contribution in [2.75, 3.05) is 20.2 Å². The molecule has 0 aromatic heterocycles. The van der Waals surface area contributed by atoms with E-state index in [1.54, 1.807) is 11.0 Å². The van der Waals surface area contributed by atoms with Crippen LogP contribution in [0.25, 0.3) is 11.1 Å². The predicted octanol–water partition coefficient (Wildman–Crippen LogP) is 6.44. The monoisotopic (exact) mass is 533 g/mol. The van der Waals surface area contributed by atoms with E-state index >= 15 is 0 Å². The van der Waals surface area contributed by atoms with Gasteiger partial charge in [-0.3, -0.25) is 0 Å². The molecule has 39 heavy (non-hydrogen) atoms. The lowest BCUT2D eigenvalue weighted by Gasteiger charge is -2.29. The molecule has 0 unspecified atom stereocenters. The third kappa shape index (κ3) is 8.86. The maximum atomic E-state index is 12.9. The number of aliphatic hydroxyl groups excluding tert-OH is 1. The van der Waals surface area contributed by atoms with Crippen molar-refractivity contribution in [3.8, 4) is 16.9 Å². The highest BCUT2D eigenvalue weighted by atomic mass is 16.6. The van der Waals surface area contributed by atoms with Gasteiger partial charge in [0.1, 0.15) is 16.9 Å². The maximum absolute atomic E-state index is 12.9. The van der Waals surface area contributed by atoms with Crippen molar-refractivity contribution in [2.24, 2.45) is 0 Å². The summed E-state index contributed by atoms with van der Waals surface area (Å²) in [5.41, 5.74) is 3.39. The van der Waals surface area contributed by atoms with Crippen LogP contribution in [0.1, 0.15) is 62.2 Å². The minimum Gasteiger partial charge on any atom is -0.490 e. The number of nitrogens with zero attached hydrogens (tertiary/aromatic N) is 1. The number of hydrogen-bond donors (Lipinski definition) is 1. The largest absolute Gasteiger partial charge is 0.490 e. The molecule has 0 heterocycles. The van der Waals surface area contributed by atoms with Gasteiger partial charge in [0.15, 0.2) is 0 Å². The van der Waals surface area contributed by atoms with Gasteiger partial charge in [0, 0.05) is 6.54 Å². The molecule has 0 aliphatic rings. The molecule has 0 bridgehead atoms. The fraction of sp³-hybridized carbons (Fsp3) is 0.375. The van der Waals surface area contributed by atoms with Gasteiger partial charge < -0.3 is 24.2 Å². The first-order valence-electron chi connectivity index (χ1n) is 13.2. The number of ether oxygens (including phenoxy) is 3. The highest BCUT2D eigenvalue weighted by Gasteiger charge is 2.24. The molecule has 0 fully saturated rings. The average Bonchev–Trinajstić information content (AvgIpc) is 2.90. The second kappa shape index (κ2) is 13.3. The smallest absolute Gasteiger partial charge is 0.410 e. The van der Waals surface area contributed by atoms with Crippen LogP contribution < -0.4 is 4.74 Å². The number of carbonyl (C=O) groups is 2. The number of methoxy groups -OCH3 is 1. The quantitative estimate of drug-likeness (QED) is 0.302. The van der Waals surface area contributed by atoms with E-state index in [-0.39, 0.29) is 12.6 Å². The lowest BCUT2D eigenvalue weighted by molar-refractivity contribution is 0.0147. The third-order valence-corrected chi connectivity index (χ3v) is 5.94. The Morgan fingerprint density at radius 3 is 2.15 bits per heavy atom. The number of hydrogen-bond acceptors (Lipinski definition) is 6. The summed E-state index contributed by atoms with van der Waals surface area (Å²) < 4.78 is 16.4. The van der Waals surface area contributed by atoms with Crippen LogP contribution in [0.5, 0.6) is 5.75 Å². The van der Waals surface area contributed by atoms with Crippen LogP contribution in [0.2, 0.25) is 0 Å². The van der Waals surface area contributed by atoms with Crippen LogP contribution in [0, 0.1) is 0 Å². The lowest BCUT2D eigenvalue weighted by Crippen LogP contribution is -2.40. The Kier molecular flexibility index (Phi) is 10.1. The van der Waals surface area contributed by atoms with Crippen molar-refractivity contribution in [2.45, 2.75) is 58.8 Å². The maximum Gasteiger partial charge on any atom is 0.410 e. The summed E-state index contributed by atoms with van der Waals surface area (Å²) >= 11 is 0. The van der Waals surface area contributed by atoms with Gasteiger partial charge in [0.25, 0.3) is 0 Å². The minimum absolute atomic E-state index is 0.0978. The third-order valence-electron chi connectivity index (χ3n) is 5.94. The first kappa shape index (κ1) is 29.7. The highest BCUT2D eigenvalue weighted by molar-refractivity contribution is 5.93. The Balaban J connectivity index is 1.75. The number of carbonyl (C=O) groups excluding carboxylic acids is 2. The molecule has 0 aliphatic carbocycles. The summed E-state index contributed by atoms with van der Waals surface area (Å²) in [6.07, 6.45) is -0.794. The predicted molar refractivity (Wildman–Crippen MR) is 152 cm³/mol. The number of benzene rings is 3. The average molecular weight is 534 g/mol. The molecule has 3 aromatic rings. The van der Waals surface area contributed by atoms with Gasteiger partial charge in [-0.1, -0.05) is 60.7 Å². The number of aliphatic hydroxyl groups is 1. The summed E-state index contributed by atoms with van der Waals surface area (Å²) in [4.78, 5) is 26.6. The Bertz CT molecular complexity index is 1230. The molecule has 1 amide bonds. The van der Waals surface area contributed by atoms with Gasteiger partial charge >= 0.3 is 12.1 Å². The van der Waals surface area contributed by atoms with E-state index < -0.39 is 23.8 Å². The van der Waals surface area contributed by atoms with E-state index in [2.05, 4.69) is 0 Å². The topological polar surface area (TPSA) is 85.3 Å². The summed E-state index contributed by atoms with van der Waals surface area (Å²) in [5.74, 6) is 0.0304. The van der Waals surface area contributed by atoms with Gasteiger partial charge in [-0.15, -0.1) is 0 Å². The normalized spacial score (nSPS) is 12.1. The van der Waals surface area contributed by atoms with Crippen LogP contribution in [0.4, 0.5) is 4.79 Å². The lowest BCUT2D eigenvalue weighted by atomic mass is 10.0. The molecule has 1 atom stereocenters. The molecule has 0 saturated heterocycles. The summed E-state index contributed by atoms with van der Waals surface area (Å²) in [6.45, 7) is 9.80. The van der Waals surface area contributed by atoms with Gasteiger partial charge in [-0.2, -0.15) is 0 Å². The highest BCUT2D eigenvalue weighted by Crippen LogP contribution is 2.29. The second-order valence-corrected chi connectivity index (χ2v) is 10.7. The zero-order valence-electron chi connectivity index (χ0n) is 23.6. The molecule has 0 spiro atoms. The molecule has 7 heteroatoms. The molecule has 208 valence electrons. The van der Waals surface area contributed by atoms with Gasteiger partial charge in [-0.05, 0) is 75.4 Å². The number of esters is 1. The van der Waals surface area contributed by atoms with Gasteiger partial charge in [0.05, 0.1) is 25.9 Å². The summed E-state index contributed by atoms with van der Waals surface area (Å²) in [6, 6.07) is 22.7. The SMILES string of the molecule is COC(=O)c1ccc(-c2ccc(CCN(C[C@H](O)c3ccccc3)C(=O)OC(C)(C)C)cc2)cc1OC(C)C. The van der Waals surface area contributed by atoms with E-state index in [1.165, 1.54) is 7.11 Å². The second-order valence-electron chi connectivity index (χ2n) is 10.7. The van der Waals surface area contributed by atoms with Crippen LogP contribution in [0.3, 0.4) is 0 Å². The Hall–Kier alpha value is -3.84. The van der Waals surface area contributed by atoms with Gasteiger partial charge in [0.2, 0.25) is 0 Å². The van der Waals surface area contributed by atoms with Crippen molar-refractivity contribution < 1.29 is 28.9 Å². The van der Waals surface area contributed by atoms with E-state index in [0.717, 1.165) is 22.3 Å². The standard InChI is InChI=1S/C32H39NO6/c1-22(2)38-29-20-26(16-17-27(29)30(35)37-6)24-14-12-23(13-15-24)18-19-33(31(36)39-32(3,4)5)21-28(34)25-10-8-7-9-11-25/h7-17,20,22,28,34H,18-19,21H2,1-6H3/t28-/m0/s1. The fourth-order valence-corrected chi connectivity index (χ4v) is 4.03. The van der Waals surface area contributed by atoms with Crippen LogP contribution >= 0.6 is 0 Å². The van der Waals surface area contributed by atoms with E-state index in [4.69, 9.17) is 14.2 Å². The Labute approximate surface area is 231 Å². The van der Waals surface area contributed by atoms with Crippen molar-refractivity contribution >= 4 is 12.1 Å². The number of rotatable bonds is 10. The number of amides is 1. The zero-order valence-corrected chi connectivity index (χ0v) is 23.6. The van der Waals surface area contributed by atoms with E-state index in [9.17, 15) is 14.7 Å². The zero-order chi connectivity index (χ0) is 28.6. The van der Waals surface area contributed by atoms with Crippen molar-refractivity contribution in [3.05, 3.63) is 89.5 Å². The molecule has 7 nitrogen and oxygen atoms in total. The van der Waals surface area contributed by atoms with Crippen molar-refractivity contribution in [1.82, 2.24) is 4.90 Å². The molecular formula is C32H39NO6. The molecular weight excluding hydrogens is 494 g/mol. The summed E-state index contributed by atoms with van der Waals surface area (Å²) in [5, 5.41) is 10.8. The first-order valence-corrected chi connectivity index (χ1v) is 13.2. The van der Waals surface area contributed by atoms with E-state index in [0.29, 0.717) is 24.3 Å². The Morgan fingerprint density at radius 2 is 1.56 bits per heavy atom.